The van der Waals surface area contributed by atoms with Crippen molar-refractivity contribution in [2.45, 2.75) is 33.4 Å². The van der Waals surface area contributed by atoms with Crippen molar-refractivity contribution in [2.75, 3.05) is 19.9 Å². The number of carbonyl (C=O) groups is 4. The van der Waals surface area contributed by atoms with Gasteiger partial charge in [-0.15, -0.1) is 0 Å². The maximum absolute atomic E-state index is 14.5. The molecule has 1 aromatic heterocycles. The lowest BCUT2D eigenvalue weighted by Crippen LogP contribution is -2.49. The fourth-order valence-corrected chi connectivity index (χ4v) is 5.41. The van der Waals surface area contributed by atoms with Crippen LogP contribution in [0.3, 0.4) is 0 Å². The molecule has 3 amide bonds. The fraction of sp³-hybridized carbons (Fsp3) is 0.423. The highest BCUT2D eigenvalue weighted by Crippen LogP contribution is 2.45. The number of benzene rings is 1. The number of rotatable bonds is 8. The van der Waals surface area contributed by atoms with E-state index in [-0.39, 0.29) is 50.8 Å². The largest absolute Gasteiger partial charge is 0.465 e. The highest BCUT2D eigenvalue weighted by atomic mass is 19.1. The monoisotopic (exact) mass is 510 g/mol. The third kappa shape index (κ3) is 4.33. The molecule has 0 saturated carbocycles. The molecule has 11 heteroatoms. The van der Waals surface area contributed by atoms with Gasteiger partial charge in [0.05, 0.1) is 35.3 Å². The lowest BCUT2D eigenvalue weighted by Gasteiger charge is -2.39. The minimum absolute atomic E-state index is 0.0388. The van der Waals surface area contributed by atoms with Crippen LogP contribution in [0.4, 0.5) is 4.39 Å². The quantitative estimate of drug-likeness (QED) is 0.239. The number of fused-ring (bicyclic) bond motifs is 5. The Hall–Kier alpha value is -3.86. The number of aryl methyl sites for hydroxylation is 1. The molecular weight excluding hydrogens is 483 g/mol. The normalized spacial score (nSPS) is 22.1. The van der Waals surface area contributed by atoms with Crippen molar-refractivity contribution in [3.05, 3.63) is 46.4 Å². The second-order valence-corrected chi connectivity index (χ2v) is 9.43. The Kier molecular flexibility index (Phi) is 6.63. The first-order chi connectivity index (χ1) is 17.8. The van der Waals surface area contributed by atoms with Crippen molar-refractivity contribution in [2.24, 2.45) is 17.8 Å². The van der Waals surface area contributed by atoms with Crippen LogP contribution in [0.2, 0.25) is 0 Å². The molecule has 4 heterocycles. The van der Waals surface area contributed by atoms with E-state index in [1.807, 2.05) is 13.0 Å². The van der Waals surface area contributed by atoms with Gasteiger partial charge in [-0.05, 0) is 30.5 Å². The van der Waals surface area contributed by atoms with Crippen LogP contribution in [0.1, 0.15) is 35.7 Å². The summed E-state index contributed by atoms with van der Waals surface area (Å²) in [6.45, 7) is 3.59. The van der Waals surface area contributed by atoms with Crippen molar-refractivity contribution < 1.29 is 33.0 Å². The number of halogens is 1. The van der Waals surface area contributed by atoms with Gasteiger partial charge >= 0.3 is 5.97 Å². The zero-order valence-corrected chi connectivity index (χ0v) is 20.5. The van der Waals surface area contributed by atoms with Gasteiger partial charge in [-0.25, -0.2) is 9.37 Å². The number of hydrogen-bond donors (Lipinski definition) is 2. The highest BCUT2D eigenvalue weighted by molar-refractivity contribution is 5.97. The smallest absolute Gasteiger partial charge is 0.309 e. The number of ether oxygens (including phenoxy) is 2. The summed E-state index contributed by atoms with van der Waals surface area (Å²) in [6.07, 6.45) is 2.95. The van der Waals surface area contributed by atoms with Crippen LogP contribution in [-0.2, 0) is 41.7 Å². The Balaban J connectivity index is 1.54. The molecule has 0 bridgehead atoms. The molecule has 0 spiro atoms. The Morgan fingerprint density at radius 3 is 2.92 bits per heavy atom. The Labute approximate surface area is 212 Å². The number of aromatic nitrogens is 1. The van der Waals surface area contributed by atoms with Crippen LogP contribution in [0.25, 0.3) is 16.6 Å². The first-order valence-corrected chi connectivity index (χ1v) is 12.2. The van der Waals surface area contributed by atoms with Crippen molar-refractivity contribution in [1.82, 2.24) is 20.5 Å². The van der Waals surface area contributed by atoms with Gasteiger partial charge in [0.1, 0.15) is 25.8 Å². The molecule has 2 N–H and O–H groups in total. The standard InChI is InChI=1S/C26H27FN4O6/c1-3-14-15-5-22-24-18(8-31(22)25(34)19(15)9-37-26(14)35)17(7-29-23(33)10-36-12-28-11-32)16-4-13(2)20(27)6-21(16)30-24/h4-6,11,14-15,19H,3,7-10,12H2,1-2H3,(H,28,32)(H,29,33). The fourth-order valence-electron chi connectivity index (χ4n) is 5.41. The molecule has 2 aromatic rings. The topological polar surface area (TPSA) is 127 Å². The van der Waals surface area contributed by atoms with Crippen LogP contribution in [-0.4, -0.2) is 54.0 Å². The van der Waals surface area contributed by atoms with Crippen molar-refractivity contribution in [1.29, 1.82) is 0 Å². The summed E-state index contributed by atoms with van der Waals surface area (Å²) in [7, 11) is 0. The summed E-state index contributed by atoms with van der Waals surface area (Å²) < 4.78 is 24.9. The molecule has 10 nitrogen and oxygen atoms in total. The summed E-state index contributed by atoms with van der Waals surface area (Å²) in [5.41, 5.74) is 3.49. The van der Waals surface area contributed by atoms with Gasteiger partial charge in [-0.2, -0.15) is 0 Å². The van der Waals surface area contributed by atoms with Gasteiger partial charge < -0.3 is 25.0 Å². The number of allylic oxidation sites excluding steroid dienone is 1. The van der Waals surface area contributed by atoms with Gasteiger partial charge in [0.2, 0.25) is 18.2 Å². The molecule has 0 aliphatic carbocycles. The first kappa shape index (κ1) is 24.8. The SMILES string of the molecule is CCC1C(=O)OCC2C(=O)N3Cc4c(nc5cc(F)c(C)cc5c4CNC(=O)COCNC=O)C3=CC12. The average molecular weight is 511 g/mol. The summed E-state index contributed by atoms with van der Waals surface area (Å²) in [5, 5.41) is 5.80. The first-order valence-electron chi connectivity index (χ1n) is 12.2. The third-order valence-corrected chi connectivity index (χ3v) is 7.31. The molecule has 3 aliphatic rings. The van der Waals surface area contributed by atoms with E-state index in [4.69, 9.17) is 14.5 Å². The Morgan fingerprint density at radius 2 is 2.16 bits per heavy atom. The van der Waals surface area contributed by atoms with Crippen molar-refractivity contribution >= 4 is 40.8 Å². The van der Waals surface area contributed by atoms with Crippen LogP contribution in [0.5, 0.6) is 0 Å². The molecule has 1 saturated heterocycles. The zero-order valence-electron chi connectivity index (χ0n) is 20.5. The van der Waals surface area contributed by atoms with Gasteiger partial charge in [0.15, 0.2) is 0 Å². The van der Waals surface area contributed by atoms with Crippen LogP contribution < -0.4 is 10.6 Å². The maximum Gasteiger partial charge on any atom is 0.309 e. The number of amides is 3. The number of nitrogens with one attached hydrogen (secondary N) is 2. The second-order valence-electron chi connectivity index (χ2n) is 9.43. The van der Waals surface area contributed by atoms with E-state index >= 15 is 0 Å². The number of esters is 1. The lowest BCUT2D eigenvalue weighted by molar-refractivity contribution is -0.164. The van der Waals surface area contributed by atoms with E-state index < -0.39 is 23.6 Å². The highest BCUT2D eigenvalue weighted by Gasteiger charge is 2.49. The van der Waals surface area contributed by atoms with Gasteiger partial charge in [0, 0.05) is 29.5 Å². The number of carbonyl (C=O) groups excluding carboxylic acids is 4. The van der Waals surface area contributed by atoms with E-state index in [1.165, 1.54) is 6.07 Å². The zero-order chi connectivity index (χ0) is 26.3. The molecule has 1 aromatic carbocycles. The van der Waals surface area contributed by atoms with Crippen molar-refractivity contribution in [3.8, 4) is 0 Å². The predicted molar refractivity (Wildman–Crippen MR) is 129 cm³/mol. The van der Waals surface area contributed by atoms with Crippen LogP contribution in [0.15, 0.2) is 18.2 Å². The minimum atomic E-state index is -0.463. The molecule has 3 atom stereocenters. The van der Waals surface area contributed by atoms with Gasteiger partial charge in [-0.1, -0.05) is 13.0 Å². The molecule has 1 fully saturated rings. The minimum Gasteiger partial charge on any atom is -0.465 e. The number of nitrogens with zero attached hydrogens (tertiary/aromatic N) is 2. The predicted octanol–water partition coefficient (Wildman–Crippen LogP) is 1.53. The number of hydrogen-bond acceptors (Lipinski definition) is 7. The average Bonchev–Trinajstić information content (AvgIpc) is 3.24. The summed E-state index contributed by atoms with van der Waals surface area (Å²) in [6, 6.07) is 3.05. The summed E-state index contributed by atoms with van der Waals surface area (Å²) >= 11 is 0. The summed E-state index contributed by atoms with van der Waals surface area (Å²) in [4.78, 5) is 55.0. The molecule has 0 radical (unpaired) electrons. The van der Waals surface area contributed by atoms with E-state index in [0.717, 1.165) is 11.1 Å². The second kappa shape index (κ2) is 9.89. The van der Waals surface area contributed by atoms with Gasteiger partial charge in [-0.3, -0.25) is 19.2 Å². The van der Waals surface area contributed by atoms with Gasteiger partial charge in [0.25, 0.3) is 0 Å². The summed E-state index contributed by atoms with van der Waals surface area (Å²) in [5.74, 6) is -2.44. The van der Waals surface area contributed by atoms with E-state index in [1.54, 1.807) is 17.9 Å². The molecule has 3 aliphatic heterocycles. The van der Waals surface area contributed by atoms with Crippen LogP contribution in [0, 0.1) is 30.5 Å². The number of pyridine rings is 1. The molecule has 3 unspecified atom stereocenters. The molecule has 194 valence electrons. The number of cyclic esters (lactones) is 1. The molecular formula is C26H27FN4O6. The maximum atomic E-state index is 14.5. The van der Waals surface area contributed by atoms with E-state index in [9.17, 15) is 23.6 Å². The van der Waals surface area contributed by atoms with Crippen LogP contribution >= 0.6 is 0 Å². The molecule has 5 rings (SSSR count). The Bertz CT molecular complexity index is 1340. The Morgan fingerprint density at radius 1 is 1.35 bits per heavy atom. The molecule has 37 heavy (non-hydrogen) atoms. The lowest BCUT2D eigenvalue weighted by atomic mass is 9.75. The van der Waals surface area contributed by atoms with E-state index in [0.29, 0.717) is 40.7 Å². The van der Waals surface area contributed by atoms with E-state index in [2.05, 4.69) is 10.6 Å². The third-order valence-electron chi connectivity index (χ3n) is 7.31. The van der Waals surface area contributed by atoms with Crippen molar-refractivity contribution in [3.63, 3.8) is 0 Å².